The molecule has 0 saturated carbocycles. The van der Waals surface area contributed by atoms with E-state index in [1.807, 2.05) is 30.3 Å². The van der Waals surface area contributed by atoms with Crippen LogP contribution in [0.1, 0.15) is 18.7 Å². The third-order valence-corrected chi connectivity index (χ3v) is 2.22. The molecule has 0 aliphatic rings. The topological polar surface area (TPSA) is 69.5 Å². The summed E-state index contributed by atoms with van der Waals surface area (Å²) in [6, 6.07) is 9.37. The molecule has 0 radical (unpaired) electrons. The second kappa shape index (κ2) is 3.54. The molecule has 2 aromatic rings. The predicted molar refractivity (Wildman–Crippen MR) is 55.1 cm³/mol. The maximum Gasteiger partial charge on any atom is 0.162 e. The molecule has 0 fully saturated rings. The number of imidazole rings is 1. The highest BCUT2D eigenvalue weighted by Crippen LogP contribution is 2.17. The number of ketones is 1. The molecule has 1 aromatic carbocycles. The van der Waals surface area contributed by atoms with E-state index in [0.717, 1.165) is 11.0 Å². The Hall–Kier alpha value is -2.15. The van der Waals surface area contributed by atoms with Crippen molar-refractivity contribution in [1.82, 2.24) is 9.97 Å². The number of fused-ring (bicyclic) bond motifs is 1. The third kappa shape index (κ3) is 1.59. The summed E-state index contributed by atoms with van der Waals surface area (Å²) in [7, 11) is 0. The summed E-state index contributed by atoms with van der Waals surface area (Å²) < 4.78 is 0. The van der Waals surface area contributed by atoms with Crippen LogP contribution in [0.4, 0.5) is 0 Å². The van der Waals surface area contributed by atoms with Crippen LogP contribution in [-0.4, -0.2) is 15.8 Å². The number of hydrogen-bond acceptors (Lipinski definition) is 3. The van der Waals surface area contributed by atoms with Gasteiger partial charge in [-0.3, -0.25) is 4.79 Å². The lowest BCUT2D eigenvalue weighted by Gasteiger charge is -1.98. The van der Waals surface area contributed by atoms with Gasteiger partial charge < -0.3 is 4.98 Å². The van der Waals surface area contributed by atoms with Crippen molar-refractivity contribution in [1.29, 1.82) is 5.26 Å². The van der Waals surface area contributed by atoms with E-state index in [9.17, 15) is 4.79 Å². The van der Waals surface area contributed by atoms with Crippen molar-refractivity contribution in [2.24, 2.45) is 0 Å². The van der Waals surface area contributed by atoms with Crippen molar-refractivity contribution in [3.05, 3.63) is 30.1 Å². The van der Waals surface area contributed by atoms with Gasteiger partial charge in [-0.1, -0.05) is 12.1 Å². The predicted octanol–water partition coefficient (Wildman–Crippen LogP) is 1.76. The first-order valence-electron chi connectivity index (χ1n) is 4.57. The number of aromatic amines is 1. The minimum Gasteiger partial charge on any atom is -0.340 e. The zero-order valence-corrected chi connectivity index (χ0v) is 8.19. The van der Waals surface area contributed by atoms with Gasteiger partial charge in [-0.25, -0.2) is 4.98 Å². The zero-order valence-electron chi connectivity index (χ0n) is 8.19. The lowest BCUT2D eigenvalue weighted by atomic mass is 10.1. The van der Waals surface area contributed by atoms with Gasteiger partial charge in [0.2, 0.25) is 0 Å². The Morgan fingerprint density at radius 2 is 2.27 bits per heavy atom. The smallest absolute Gasteiger partial charge is 0.162 e. The van der Waals surface area contributed by atoms with Crippen molar-refractivity contribution < 1.29 is 4.79 Å². The third-order valence-electron chi connectivity index (χ3n) is 2.22. The summed E-state index contributed by atoms with van der Waals surface area (Å²) in [5.74, 6) is -0.569. The molecule has 0 saturated heterocycles. The van der Waals surface area contributed by atoms with Gasteiger partial charge in [0.15, 0.2) is 11.7 Å². The molecule has 4 nitrogen and oxygen atoms in total. The van der Waals surface area contributed by atoms with E-state index in [1.54, 1.807) is 0 Å². The highest BCUT2D eigenvalue weighted by molar-refractivity contribution is 5.86. The van der Waals surface area contributed by atoms with Gasteiger partial charge >= 0.3 is 0 Å². The Bertz CT molecular complexity index is 517. The van der Waals surface area contributed by atoms with E-state index < -0.39 is 5.92 Å². The molecular formula is C11H9N3O. The van der Waals surface area contributed by atoms with Crippen LogP contribution in [0.5, 0.6) is 0 Å². The Morgan fingerprint density at radius 3 is 2.87 bits per heavy atom. The fourth-order valence-corrected chi connectivity index (χ4v) is 1.45. The number of hydrogen-bond donors (Lipinski definition) is 1. The van der Waals surface area contributed by atoms with Crippen molar-refractivity contribution in [3.8, 4) is 6.07 Å². The minimum absolute atomic E-state index is 0.198. The lowest BCUT2D eigenvalue weighted by molar-refractivity contribution is -0.117. The zero-order chi connectivity index (χ0) is 10.8. The Morgan fingerprint density at radius 1 is 1.53 bits per heavy atom. The van der Waals surface area contributed by atoms with Crippen LogP contribution in [0, 0.1) is 11.3 Å². The first-order valence-corrected chi connectivity index (χ1v) is 4.57. The van der Waals surface area contributed by atoms with Crippen molar-refractivity contribution in [2.75, 3.05) is 0 Å². The van der Waals surface area contributed by atoms with Gasteiger partial charge in [-0.2, -0.15) is 5.26 Å². The Balaban J connectivity index is 2.53. The second-order valence-corrected chi connectivity index (χ2v) is 3.31. The number of Topliss-reactive ketones (excluding diaryl/α,β-unsaturated/α-hetero) is 1. The molecule has 1 N–H and O–H groups in total. The number of nitriles is 1. The highest BCUT2D eigenvalue weighted by atomic mass is 16.1. The summed E-state index contributed by atoms with van der Waals surface area (Å²) in [6.07, 6.45) is 0. The van der Waals surface area contributed by atoms with E-state index in [-0.39, 0.29) is 5.78 Å². The summed E-state index contributed by atoms with van der Waals surface area (Å²) >= 11 is 0. The van der Waals surface area contributed by atoms with E-state index >= 15 is 0 Å². The molecule has 15 heavy (non-hydrogen) atoms. The summed E-state index contributed by atoms with van der Waals surface area (Å²) in [4.78, 5) is 18.3. The number of rotatable bonds is 2. The quantitative estimate of drug-likeness (QED) is 0.801. The standard InChI is InChI=1S/C11H9N3O/c1-7(15)8(6-12)11-13-9-4-2-3-5-10(9)14-11/h2-5,8H,1H3,(H,13,14)/t8-/m0/s1. The fourth-order valence-electron chi connectivity index (χ4n) is 1.45. The second-order valence-electron chi connectivity index (χ2n) is 3.31. The van der Waals surface area contributed by atoms with Crippen LogP contribution in [-0.2, 0) is 4.79 Å². The molecule has 0 bridgehead atoms. The van der Waals surface area contributed by atoms with Gasteiger partial charge in [0.1, 0.15) is 5.82 Å². The number of nitrogens with zero attached hydrogens (tertiary/aromatic N) is 2. The molecule has 4 heteroatoms. The lowest BCUT2D eigenvalue weighted by Crippen LogP contribution is -2.07. The number of para-hydroxylation sites is 2. The van der Waals surface area contributed by atoms with Gasteiger partial charge in [0.05, 0.1) is 17.1 Å². The SMILES string of the molecule is CC(=O)[C@H](C#N)c1nc2ccccc2[nH]1. The molecular weight excluding hydrogens is 190 g/mol. The average Bonchev–Trinajstić information content (AvgIpc) is 2.61. The number of H-pyrrole nitrogens is 1. The van der Waals surface area contributed by atoms with Gasteiger partial charge in [0, 0.05) is 0 Å². The van der Waals surface area contributed by atoms with Crippen LogP contribution < -0.4 is 0 Å². The Labute approximate surface area is 86.6 Å². The first kappa shape index (κ1) is 9.41. The molecule has 0 aliphatic carbocycles. The van der Waals surface area contributed by atoms with E-state index in [2.05, 4.69) is 9.97 Å². The summed E-state index contributed by atoms with van der Waals surface area (Å²) in [6.45, 7) is 1.39. The van der Waals surface area contributed by atoms with Gasteiger partial charge in [0.25, 0.3) is 0 Å². The maximum atomic E-state index is 11.2. The largest absolute Gasteiger partial charge is 0.340 e. The number of carbonyl (C=O) groups excluding carboxylic acids is 1. The van der Waals surface area contributed by atoms with Crippen molar-refractivity contribution >= 4 is 16.8 Å². The molecule has 0 unspecified atom stereocenters. The van der Waals surface area contributed by atoms with Crippen LogP contribution in [0.2, 0.25) is 0 Å². The number of benzene rings is 1. The summed E-state index contributed by atoms with van der Waals surface area (Å²) in [5, 5.41) is 8.84. The fraction of sp³-hybridized carbons (Fsp3) is 0.182. The van der Waals surface area contributed by atoms with Crippen LogP contribution >= 0.6 is 0 Å². The number of carbonyl (C=O) groups is 1. The first-order chi connectivity index (χ1) is 7.22. The van der Waals surface area contributed by atoms with Gasteiger partial charge in [-0.05, 0) is 19.1 Å². The number of aromatic nitrogens is 2. The van der Waals surface area contributed by atoms with Crippen LogP contribution in [0.3, 0.4) is 0 Å². The van der Waals surface area contributed by atoms with E-state index in [1.165, 1.54) is 6.92 Å². The molecule has 0 spiro atoms. The van der Waals surface area contributed by atoms with E-state index in [0.29, 0.717) is 5.82 Å². The monoisotopic (exact) mass is 199 g/mol. The van der Waals surface area contributed by atoms with Gasteiger partial charge in [-0.15, -0.1) is 0 Å². The van der Waals surface area contributed by atoms with Crippen molar-refractivity contribution in [2.45, 2.75) is 12.8 Å². The molecule has 0 amide bonds. The van der Waals surface area contributed by atoms with E-state index in [4.69, 9.17) is 5.26 Å². The molecule has 74 valence electrons. The highest BCUT2D eigenvalue weighted by Gasteiger charge is 2.19. The average molecular weight is 199 g/mol. The van der Waals surface area contributed by atoms with Crippen molar-refractivity contribution in [3.63, 3.8) is 0 Å². The maximum absolute atomic E-state index is 11.2. The Kier molecular flexibility index (Phi) is 2.22. The molecule has 2 rings (SSSR count). The number of nitrogens with one attached hydrogen (secondary N) is 1. The normalized spacial score (nSPS) is 12.3. The minimum atomic E-state index is -0.794. The molecule has 0 aliphatic heterocycles. The van der Waals surface area contributed by atoms with Crippen LogP contribution in [0.25, 0.3) is 11.0 Å². The summed E-state index contributed by atoms with van der Waals surface area (Å²) in [5.41, 5.74) is 1.61. The molecule has 1 aromatic heterocycles. The molecule has 1 atom stereocenters. The van der Waals surface area contributed by atoms with Crippen LogP contribution in [0.15, 0.2) is 24.3 Å². The molecule has 1 heterocycles.